The molecule has 0 aromatic heterocycles. The molecule has 2 heteroatoms. The topological polar surface area (TPSA) is 29.5 Å². The zero-order valence-corrected chi connectivity index (χ0v) is 8.05. The normalized spacial score (nSPS) is 16.9. The molecule has 1 aliphatic carbocycles. The largest absolute Gasteiger partial charge is 0.501 e. The molecule has 1 rings (SSSR count). The van der Waals surface area contributed by atoms with E-state index in [2.05, 4.69) is 12.7 Å². The van der Waals surface area contributed by atoms with Crippen LogP contribution in [-0.2, 0) is 4.74 Å². The first-order valence-corrected chi connectivity index (χ1v) is 4.50. The smallest absolute Gasteiger partial charge is 0.0997 e. The molecule has 2 nitrogen and oxygen atoms in total. The first-order chi connectivity index (χ1) is 6.33. The predicted molar refractivity (Wildman–Crippen MR) is 53.3 cm³/mol. The van der Waals surface area contributed by atoms with Crippen molar-refractivity contribution in [1.29, 1.82) is 0 Å². The van der Waals surface area contributed by atoms with Gasteiger partial charge in [-0.25, -0.2) is 0 Å². The van der Waals surface area contributed by atoms with Gasteiger partial charge in [0.05, 0.1) is 19.5 Å². The second-order valence-corrected chi connectivity index (χ2v) is 3.02. The number of aliphatic hydroxyl groups is 1. The monoisotopic (exact) mass is 180 g/mol. The number of hydrogen-bond acceptors (Lipinski definition) is 2. The van der Waals surface area contributed by atoms with Crippen LogP contribution in [0, 0.1) is 0 Å². The van der Waals surface area contributed by atoms with E-state index in [1.54, 1.807) is 7.11 Å². The molecule has 0 aliphatic heterocycles. The molecule has 0 amide bonds. The lowest BCUT2D eigenvalue weighted by atomic mass is 9.94. The van der Waals surface area contributed by atoms with Gasteiger partial charge in [0, 0.05) is 6.42 Å². The van der Waals surface area contributed by atoms with Crippen molar-refractivity contribution in [2.75, 3.05) is 13.7 Å². The number of methoxy groups -OCH3 is 1. The third kappa shape index (κ3) is 2.22. The lowest BCUT2D eigenvalue weighted by Gasteiger charge is -2.18. The molecule has 0 bridgehead atoms. The highest BCUT2D eigenvalue weighted by molar-refractivity contribution is 5.37. The molecule has 0 fully saturated rings. The van der Waals surface area contributed by atoms with E-state index in [0.717, 1.165) is 36.2 Å². The lowest BCUT2D eigenvalue weighted by Crippen LogP contribution is -2.05. The van der Waals surface area contributed by atoms with Gasteiger partial charge in [-0.05, 0) is 24.0 Å². The van der Waals surface area contributed by atoms with E-state index in [9.17, 15) is 0 Å². The molecule has 0 spiro atoms. The number of allylic oxidation sites excluding steroid dienone is 3. The molecular weight excluding hydrogens is 164 g/mol. The maximum atomic E-state index is 9.11. The van der Waals surface area contributed by atoms with E-state index in [-0.39, 0.29) is 6.61 Å². The number of rotatable bonds is 4. The highest BCUT2D eigenvalue weighted by Gasteiger charge is 2.14. The van der Waals surface area contributed by atoms with Crippen molar-refractivity contribution >= 4 is 0 Å². The van der Waals surface area contributed by atoms with Crippen molar-refractivity contribution in [3.8, 4) is 0 Å². The highest BCUT2D eigenvalue weighted by atomic mass is 16.5. The Balaban J connectivity index is 2.91. The van der Waals surface area contributed by atoms with Gasteiger partial charge in [0.1, 0.15) is 0 Å². The Hall–Kier alpha value is -1.02. The van der Waals surface area contributed by atoms with Gasteiger partial charge in [0.15, 0.2) is 0 Å². The van der Waals surface area contributed by atoms with Gasteiger partial charge in [0.2, 0.25) is 0 Å². The first-order valence-electron chi connectivity index (χ1n) is 4.50. The Bertz CT molecular complexity index is 249. The minimum Gasteiger partial charge on any atom is -0.501 e. The third-order valence-corrected chi connectivity index (χ3v) is 2.25. The van der Waals surface area contributed by atoms with E-state index in [0.29, 0.717) is 0 Å². The predicted octanol–water partition coefficient (Wildman–Crippen LogP) is 2.18. The van der Waals surface area contributed by atoms with Crippen molar-refractivity contribution in [1.82, 2.24) is 0 Å². The average molecular weight is 180 g/mol. The van der Waals surface area contributed by atoms with Crippen LogP contribution in [0.15, 0.2) is 35.6 Å². The molecule has 0 heterocycles. The Kier molecular flexibility index (Phi) is 3.77. The number of ether oxygens (including phenoxy) is 1. The van der Waals surface area contributed by atoms with Crippen molar-refractivity contribution in [2.24, 2.45) is 0 Å². The van der Waals surface area contributed by atoms with Crippen molar-refractivity contribution < 1.29 is 9.84 Å². The van der Waals surface area contributed by atoms with Crippen LogP contribution in [0.3, 0.4) is 0 Å². The maximum absolute atomic E-state index is 9.11. The van der Waals surface area contributed by atoms with Gasteiger partial charge in [-0.3, -0.25) is 0 Å². The lowest BCUT2D eigenvalue weighted by molar-refractivity contribution is 0.266. The van der Waals surface area contributed by atoms with Gasteiger partial charge in [-0.15, -0.1) is 6.58 Å². The summed E-state index contributed by atoms with van der Waals surface area (Å²) in [5.41, 5.74) is 2.09. The Labute approximate surface area is 79.2 Å². The van der Waals surface area contributed by atoms with E-state index in [1.807, 2.05) is 6.08 Å². The standard InChI is InChI=1S/C11H16O2/c1-3-5-10-9(8-12)6-4-7-11(10)13-2/h3,6,12H,1,4-5,7-8H2,2H3. The molecule has 1 N–H and O–H groups in total. The van der Waals surface area contributed by atoms with Crippen LogP contribution < -0.4 is 0 Å². The summed E-state index contributed by atoms with van der Waals surface area (Å²) >= 11 is 0. The van der Waals surface area contributed by atoms with Crippen LogP contribution in [0.4, 0.5) is 0 Å². The van der Waals surface area contributed by atoms with E-state index in [1.165, 1.54) is 0 Å². The van der Waals surface area contributed by atoms with Crippen LogP contribution in [-0.4, -0.2) is 18.8 Å². The maximum Gasteiger partial charge on any atom is 0.0997 e. The van der Waals surface area contributed by atoms with Gasteiger partial charge in [-0.2, -0.15) is 0 Å². The number of hydrogen-bond donors (Lipinski definition) is 1. The third-order valence-electron chi connectivity index (χ3n) is 2.25. The Morgan fingerprint density at radius 2 is 2.46 bits per heavy atom. The van der Waals surface area contributed by atoms with Crippen LogP contribution in [0.2, 0.25) is 0 Å². The molecule has 0 aromatic carbocycles. The fourth-order valence-electron chi connectivity index (χ4n) is 1.61. The molecule has 1 aliphatic rings. The SMILES string of the molecule is C=CCC1=C(OC)CCC=C1CO. The molecule has 0 aromatic rings. The summed E-state index contributed by atoms with van der Waals surface area (Å²) in [6.45, 7) is 3.79. The van der Waals surface area contributed by atoms with Gasteiger partial charge in [-0.1, -0.05) is 12.2 Å². The fraction of sp³-hybridized carbons (Fsp3) is 0.455. The van der Waals surface area contributed by atoms with E-state index in [4.69, 9.17) is 9.84 Å². The minimum absolute atomic E-state index is 0.0933. The molecule has 0 radical (unpaired) electrons. The van der Waals surface area contributed by atoms with Crippen LogP contribution >= 0.6 is 0 Å². The molecule has 0 unspecified atom stereocenters. The van der Waals surface area contributed by atoms with Crippen LogP contribution in [0.5, 0.6) is 0 Å². The summed E-state index contributed by atoms with van der Waals surface area (Å²) in [7, 11) is 1.68. The van der Waals surface area contributed by atoms with E-state index >= 15 is 0 Å². The number of aliphatic hydroxyl groups excluding tert-OH is 1. The molecule has 72 valence electrons. The first kappa shape index (κ1) is 10.1. The zero-order valence-electron chi connectivity index (χ0n) is 8.05. The summed E-state index contributed by atoms with van der Waals surface area (Å²) < 4.78 is 5.27. The Morgan fingerprint density at radius 1 is 1.69 bits per heavy atom. The van der Waals surface area contributed by atoms with E-state index < -0.39 is 0 Å². The van der Waals surface area contributed by atoms with Gasteiger partial charge in [0.25, 0.3) is 0 Å². The summed E-state index contributed by atoms with van der Waals surface area (Å²) in [5, 5.41) is 9.11. The van der Waals surface area contributed by atoms with Crippen LogP contribution in [0.25, 0.3) is 0 Å². The second kappa shape index (κ2) is 4.87. The summed E-state index contributed by atoms with van der Waals surface area (Å²) in [4.78, 5) is 0. The molecular formula is C11H16O2. The van der Waals surface area contributed by atoms with Crippen LogP contribution in [0.1, 0.15) is 19.3 Å². The average Bonchev–Trinajstić information content (AvgIpc) is 2.18. The van der Waals surface area contributed by atoms with Gasteiger partial charge < -0.3 is 9.84 Å². The second-order valence-electron chi connectivity index (χ2n) is 3.02. The highest BCUT2D eigenvalue weighted by Crippen LogP contribution is 2.27. The van der Waals surface area contributed by atoms with Crippen molar-refractivity contribution in [3.63, 3.8) is 0 Å². The van der Waals surface area contributed by atoms with Crippen molar-refractivity contribution in [2.45, 2.75) is 19.3 Å². The zero-order chi connectivity index (χ0) is 9.68. The molecule has 0 atom stereocenters. The quantitative estimate of drug-likeness (QED) is 0.672. The summed E-state index contributed by atoms with van der Waals surface area (Å²) in [6, 6.07) is 0. The summed E-state index contributed by atoms with van der Waals surface area (Å²) in [5.74, 6) is 0.992. The van der Waals surface area contributed by atoms with Gasteiger partial charge >= 0.3 is 0 Å². The molecule has 0 saturated carbocycles. The molecule has 13 heavy (non-hydrogen) atoms. The minimum atomic E-state index is 0.0933. The fourth-order valence-corrected chi connectivity index (χ4v) is 1.61. The van der Waals surface area contributed by atoms with Crippen molar-refractivity contribution in [3.05, 3.63) is 35.6 Å². The Morgan fingerprint density at radius 3 is 3.00 bits per heavy atom. The molecule has 0 saturated heterocycles. The summed E-state index contributed by atoms with van der Waals surface area (Å²) in [6.07, 6.45) is 6.57.